The zero-order chi connectivity index (χ0) is 18.0. The van der Waals surface area contributed by atoms with Gasteiger partial charge in [0.25, 0.3) is 0 Å². The van der Waals surface area contributed by atoms with Gasteiger partial charge in [-0.05, 0) is 12.8 Å². The van der Waals surface area contributed by atoms with Crippen molar-refractivity contribution in [2.45, 2.75) is 64.1 Å². The molecule has 0 aromatic heterocycles. The molecule has 0 bridgehead atoms. The molecule has 1 fully saturated rings. The Labute approximate surface area is 154 Å². The number of benzene rings is 1. The Hall–Kier alpha value is -0.900. The second-order valence-corrected chi connectivity index (χ2v) is 7.33. The predicted molar refractivity (Wildman–Crippen MR) is 103 cm³/mol. The van der Waals surface area contributed by atoms with E-state index in [4.69, 9.17) is 14.2 Å². The van der Waals surface area contributed by atoms with Gasteiger partial charge in [-0.25, -0.2) is 0 Å². The summed E-state index contributed by atoms with van der Waals surface area (Å²) in [6, 6.07) is 10.4. The van der Waals surface area contributed by atoms with Crippen LogP contribution in [0.5, 0.6) is 0 Å². The van der Waals surface area contributed by atoms with Gasteiger partial charge >= 0.3 is 0 Å². The third-order valence-electron chi connectivity index (χ3n) is 5.55. The van der Waals surface area contributed by atoms with Crippen molar-refractivity contribution in [1.29, 1.82) is 0 Å². The minimum Gasteiger partial charge on any atom is -0.381 e. The highest BCUT2D eigenvalue weighted by atomic mass is 16.7. The average molecular weight is 349 g/mol. The standard InChI is InChI=1S/C22H36O3/c1-4-5-6-7-8-10-15-21(16-19-17-25-18-19)22(23-2,24-3)20-13-11-9-12-14-20/h9,11-14,19,21H,4-8,10,15-18H2,1-3H3. The number of hydrogen-bond acceptors (Lipinski definition) is 3. The number of ether oxygens (including phenoxy) is 3. The normalized spacial score (nSPS) is 16.6. The number of unbranched alkanes of at least 4 members (excludes halogenated alkanes) is 5. The summed E-state index contributed by atoms with van der Waals surface area (Å²) >= 11 is 0. The van der Waals surface area contributed by atoms with E-state index in [1.807, 2.05) is 6.07 Å². The first-order valence-electron chi connectivity index (χ1n) is 10.00. The number of hydrogen-bond donors (Lipinski definition) is 0. The second-order valence-electron chi connectivity index (χ2n) is 7.33. The molecule has 1 aliphatic heterocycles. The van der Waals surface area contributed by atoms with Gasteiger partial charge in [0.05, 0.1) is 13.2 Å². The molecule has 1 aromatic rings. The SMILES string of the molecule is CCCCCCCCC(CC1COC1)C(OC)(OC)c1ccccc1. The average Bonchev–Trinajstić information content (AvgIpc) is 2.62. The van der Waals surface area contributed by atoms with Gasteiger partial charge < -0.3 is 14.2 Å². The molecule has 3 nitrogen and oxygen atoms in total. The molecule has 2 rings (SSSR count). The van der Waals surface area contributed by atoms with Crippen LogP contribution in [0, 0.1) is 11.8 Å². The minimum absolute atomic E-state index is 0.352. The van der Waals surface area contributed by atoms with Crippen LogP contribution in [-0.2, 0) is 20.0 Å². The molecule has 3 heteroatoms. The van der Waals surface area contributed by atoms with Gasteiger partial charge in [0.1, 0.15) is 0 Å². The molecule has 0 saturated carbocycles. The Morgan fingerprint density at radius 3 is 2.20 bits per heavy atom. The molecular formula is C22H36O3. The fourth-order valence-corrected chi connectivity index (χ4v) is 4.02. The summed E-state index contributed by atoms with van der Waals surface area (Å²) in [4.78, 5) is 0. The van der Waals surface area contributed by atoms with Crippen molar-refractivity contribution in [3.8, 4) is 0 Å². The molecule has 0 aliphatic carbocycles. The molecule has 25 heavy (non-hydrogen) atoms. The van der Waals surface area contributed by atoms with Crippen molar-refractivity contribution in [2.75, 3.05) is 27.4 Å². The highest BCUT2D eigenvalue weighted by molar-refractivity contribution is 5.21. The van der Waals surface area contributed by atoms with Crippen molar-refractivity contribution in [3.63, 3.8) is 0 Å². The van der Waals surface area contributed by atoms with Crippen LogP contribution in [0.15, 0.2) is 30.3 Å². The van der Waals surface area contributed by atoms with E-state index >= 15 is 0 Å². The fraction of sp³-hybridized carbons (Fsp3) is 0.727. The van der Waals surface area contributed by atoms with Gasteiger partial charge in [-0.15, -0.1) is 0 Å². The lowest BCUT2D eigenvalue weighted by molar-refractivity contribution is -0.258. The molecule has 1 saturated heterocycles. The maximum absolute atomic E-state index is 6.04. The summed E-state index contributed by atoms with van der Waals surface area (Å²) in [5, 5.41) is 0. The van der Waals surface area contributed by atoms with Crippen LogP contribution < -0.4 is 0 Å². The topological polar surface area (TPSA) is 27.7 Å². The van der Waals surface area contributed by atoms with Crippen LogP contribution in [0.1, 0.15) is 63.9 Å². The Morgan fingerprint density at radius 1 is 1.00 bits per heavy atom. The summed E-state index contributed by atoms with van der Waals surface area (Å²) in [6.07, 6.45) is 10.1. The van der Waals surface area contributed by atoms with Gasteiger partial charge in [0, 0.05) is 31.6 Å². The highest BCUT2D eigenvalue weighted by Gasteiger charge is 2.42. The molecule has 142 valence electrons. The van der Waals surface area contributed by atoms with E-state index in [1.54, 1.807) is 14.2 Å². The van der Waals surface area contributed by atoms with Crippen molar-refractivity contribution in [2.24, 2.45) is 11.8 Å². The lowest BCUT2D eigenvalue weighted by Gasteiger charge is -2.41. The van der Waals surface area contributed by atoms with E-state index in [1.165, 1.54) is 38.5 Å². The summed E-state index contributed by atoms with van der Waals surface area (Å²) < 4.78 is 17.5. The van der Waals surface area contributed by atoms with E-state index in [9.17, 15) is 0 Å². The molecule has 1 aromatic carbocycles. The van der Waals surface area contributed by atoms with Gasteiger partial charge in [-0.3, -0.25) is 0 Å². The largest absolute Gasteiger partial charge is 0.381 e. The molecule has 1 heterocycles. The third kappa shape index (κ3) is 5.54. The fourth-order valence-electron chi connectivity index (χ4n) is 4.02. The van der Waals surface area contributed by atoms with Crippen LogP contribution in [-0.4, -0.2) is 27.4 Å². The van der Waals surface area contributed by atoms with Crippen LogP contribution in [0.4, 0.5) is 0 Å². The molecule has 0 spiro atoms. The number of methoxy groups -OCH3 is 2. The summed E-state index contributed by atoms with van der Waals surface area (Å²) in [6.45, 7) is 4.03. The smallest absolute Gasteiger partial charge is 0.197 e. The molecule has 1 unspecified atom stereocenters. The zero-order valence-electron chi connectivity index (χ0n) is 16.3. The molecular weight excluding hydrogens is 312 g/mol. The first-order chi connectivity index (χ1) is 12.3. The maximum Gasteiger partial charge on any atom is 0.197 e. The lowest BCUT2D eigenvalue weighted by atomic mass is 9.80. The van der Waals surface area contributed by atoms with Gasteiger partial charge in [0.15, 0.2) is 5.79 Å². The summed E-state index contributed by atoms with van der Waals surface area (Å²) in [5.74, 6) is 0.337. The first kappa shape index (κ1) is 20.4. The molecule has 1 aliphatic rings. The Balaban J connectivity index is 2.04. The van der Waals surface area contributed by atoms with Gasteiger partial charge in [-0.1, -0.05) is 75.8 Å². The lowest BCUT2D eigenvalue weighted by Crippen LogP contribution is -2.42. The number of rotatable bonds is 13. The van der Waals surface area contributed by atoms with E-state index in [0.717, 1.165) is 31.6 Å². The predicted octanol–water partition coefficient (Wildman–Crippen LogP) is 5.54. The molecule has 0 radical (unpaired) electrons. The van der Waals surface area contributed by atoms with E-state index in [0.29, 0.717) is 11.8 Å². The summed E-state index contributed by atoms with van der Waals surface area (Å²) in [5.41, 5.74) is 1.12. The molecule has 0 N–H and O–H groups in total. The monoisotopic (exact) mass is 348 g/mol. The third-order valence-corrected chi connectivity index (χ3v) is 5.55. The maximum atomic E-state index is 6.04. The van der Waals surface area contributed by atoms with Crippen molar-refractivity contribution < 1.29 is 14.2 Å². The highest BCUT2D eigenvalue weighted by Crippen LogP contribution is 2.41. The zero-order valence-corrected chi connectivity index (χ0v) is 16.3. The Kier molecular flexibility index (Phi) is 8.94. The first-order valence-corrected chi connectivity index (χ1v) is 10.00. The van der Waals surface area contributed by atoms with E-state index < -0.39 is 5.79 Å². The van der Waals surface area contributed by atoms with Crippen molar-refractivity contribution in [3.05, 3.63) is 35.9 Å². The minimum atomic E-state index is -0.653. The molecule has 1 atom stereocenters. The van der Waals surface area contributed by atoms with Crippen molar-refractivity contribution in [1.82, 2.24) is 0 Å². The Bertz CT molecular complexity index is 452. The van der Waals surface area contributed by atoms with E-state index in [-0.39, 0.29) is 0 Å². The molecule has 0 amide bonds. The quantitative estimate of drug-likeness (QED) is 0.346. The Morgan fingerprint density at radius 2 is 1.64 bits per heavy atom. The van der Waals surface area contributed by atoms with Crippen LogP contribution >= 0.6 is 0 Å². The second kappa shape index (κ2) is 10.9. The van der Waals surface area contributed by atoms with Gasteiger partial charge in [-0.2, -0.15) is 0 Å². The van der Waals surface area contributed by atoms with Crippen LogP contribution in [0.3, 0.4) is 0 Å². The van der Waals surface area contributed by atoms with E-state index in [2.05, 4.69) is 31.2 Å². The van der Waals surface area contributed by atoms with Crippen LogP contribution in [0.2, 0.25) is 0 Å². The van der Waals surface area contributed by atoms with Gasteiger partial charge in [0.2, 0.25) is 0 Å². The van der Waals surface area contributed by atoms with Crippen LogP contribution in [0.25, 0.3) is 0 Å². The van der Waals surface area contributed by atoms with Crippen molar-refractivity contribution >= 4 is 0 Å². The summed E-state index contributed by atoms with van der Waals surface area (Å²) in [7, 11) is 3.56.